The topological polar surface area (TPSA) is 275 Å². The summed E-state index contributed by atoms with van der Waals surface area (Å²) in [7, 11) is -13.6. The van der Waals surface area contributed by atoms with Crippen LogP contribution >= 0.6 is 0 Å². The van der Waals surface area contributed by atoms with Crippen LogP contribution in [0.4, 0.5) is 5.69 Å². The Balaban J connectivity index is 0.00000109. The van der Waals surface area contributed by atoms with E-state index in [2.05, 4.69) is 69.2 Å². The Kier molecular flexibility index (Phi) is 16.8. The lowest BCUT2D eigenvalue weighted by Crippen LogP contribution is -2.54. The minimum atomic E-state index is -4.59. The maximum atomic E-state index is 14.5. The second kappa shape index (κ2) is 21.2. The number of hydrogen-bond acceptors (Lipinski definition) is 13. The summed E-state index contributed by atoms with van der Waals surface area (Å²) in [5.41, 5.74) is 6.58. The molecule has 71 heavy (non-hydrogen) atoms. The average Bonchev–Trinajstić information content (AvgIpc) is 3.23. The Hall–Kier alpha value is -5.65. The predicted molar refractivity (Wildman–Crippen MR) is 265 cm³/mol. The smallest absolute Gasteiger partial charge is 0.425 e. The Morgan fingerprint density at radius 2 is 1.39 bits per heavy atom. The molecule has 0 radical (unpaired) electrons. The molecular weight excluding hydrogens is 999 g/mol. The van der Waals surface area contributed by atoms with E-state index in [-0.39, 0.29) is 54.6 Å². The van der Waals surface area contributed by atoms with Crippen LogP contribution in [0.3, 0.4) is 0 Å². The molecule has 2 unspecified atom stereocenters. The van der Waals surface area contributed by atoms with E-state index in [1.165, 1.54) is 11.6 Å². The zero-order chi connectivity index (χ0) is 53.3. The molecule has 3 N–H and O–H groups in total. The van der Waals surface area contributed by atoms with Gasteiger partial charge in [-0.2, -0.15) is 16.8 Å². The fraction of sp³-hybridized carbons (Fsp3) is 0.449. The number of nitrogens with zero attached hydrogens (tertiary/aromatic N) is 3. The van der Waals surface area contributed by atoms with Gasteiger partial charge in [-0.05, 0) is 122 Å². The molecule has 0 bridgehead atoms. The number of anilines is 1. The van der Waals surface area contributed by atoms with Crippen LogP contribution in [-0.4, -0.2) is 110 Å². The van der Waals surface area contributed by atoms with Crippen LogP contribution in [0.15, 0.2) is 77.7 Å². The van der Waals surface area contributed by atoms with Gasteiger partial charge in [0, 0.05) is 78.3 Å². The van der Waals surface area contributed by atoms with Crippen molar-refractivity contribution in [3.8, 4) is 0 Å². The Morgan fingerprint density at radius 3 is 1.97 bits per heavy atom. The molecule has 0 saturated carbocycles. The molecule has 384 valence electrons. The standard InChI is InChI=1S/C49H59N3O9S2.2O3S/c1-10-51-41-24-39-37(22-35(41)30(2)26-47(51,3)4)45(33-17-12-13-18-34(33)46(55)50(9)21-15-20-44(53)54)38-23-36-32(29-62(56,57)58)27-48(5,6)52(42(36)25-40(38)49(39,7)8)28-31-16-11-14-19-43(31)63(59,60)61;2*1-4(2)3/h11-14,16-19,22-25,30,32H,10,15,20-21,26-29H2,1-9H3,(H2-,53,54,56,57,58,59,60,61);;/p+1. The van der Waals surface area contributed by atoms with Crippen molar-refractivity contribution in [2.24, 2.45) is 0 Å². The normalized spacial score (nSPS) is 18.2. The molecule has 4 aromatic carbocycles. The van der Waals surface area contributed by atoms with Gasteiger partial charge in [-0.1, -0.05) is 57.2 Å². The van der Waals surface area contributed by atoms with Gasteiger partial charge in [0.15, 0.2) is 12.1 Å². The van der Waals surface area contributed by atoms with Crippen LogP contribution < -0.4 is 20.1 Å². The summed E-state index contributed by atoms with van der Waals surface area (Å²) in [5.74, 6) is -2.22. The summed E-state index contributed by atoms with van der Waals surface area (Å²) in [6.45, 7) is 18.3. The lowest BCUT2D eigenvalue weighted by Gasteiger charge is -2.48. The van der Waals surface area contributed by atoms with E-state index in [1.54, 1.807) is 36.2 Å². The third kappa shape index (κ3) is 12.5. The van der Waals surface area contributed by atoms with E-state index in [0.29, 0.717) is 27.6 Å². The van der Waals surface area contributed by atoms with Crippen LogP contribution in [0.5, 0.6) is 0 Å². The SMILES string of the molecule is CCN1c2cc3c(cc2C(C)CC1(C)C)C(c1ccccc1C(=O)N(C)CCCC(=O)O)=c1cc2c(cc1C3(C)C)=[N+](Cc1ccccc1S(=O)(=O)O)C(C)(C)CC2CS(=O)(=O)O.O=S(=O)=O.O=S(=O)=O. The van der Waals surface area contributed by atoms with Crippen molar-refractivity contribution in [3.05, 3.63) is 128 Å². The predicted octanol–water partition coefficient (Wildman–Crippen LogP) is 4.71. The van der Waals surface area contributed by atoms with Crippen LogP contribution in [0, 0.1) is 0 Å². The van der Waals surface area contributed by atoms with E-state index < -0.39 is 70.0 Å². The first kappa shape index (κ1) is 56.3. The van der Waals surface area contributed by atoms with E-state index >= 15 is 0 Å². The third-order valence-electron chi connectivity index (χ3n) is 13.7. The number of amides is 1. The highest BCUT2D eigenvalue weighted by atomic mass is 32.2. The summed E-state index contributed by atoms with van der Waals surface area (Å²) in [5, 5.41) is 10.8. The van der Waals surface area contributed by atoms with E-state index in [0.717, 1.165) is 46.1 Å². The average molecular weight is 1060 g/mol. The van der Waals surface area contributed by atoms with Crippen molar-refractivity contribution < 1.29 is 65.9 Å². The number of hydrogen-bond donors (Lipinski definition) is 3. The third-order valence-corrected chi connectivity index (χ3v) is 15.5. The van der Waals surface area contributed by atoms with E-state index in [4.69, 9.17) is 25.3 Å². The molecule has 0 fully saturated rings. The number of aliphatic carboxylic acids is 1. The molecule has 4 aromatic rings. The molecule has 18 nitrogen and oxygen atoms in total. The first-order valence-corrected chi connectivity index (χ1v) is 27.7. The number of benzene rings is 4. The van der Waals surface area contributed by atoms with Crippen LogP contribution in [0.2, 0.25) is 0 Å². The number of carboxylic acid groups (broad SMARTS) is 1. The maximum Gasteiger partial charge on any atom is 0.425 e. The van der Waals surface area contributed by atoms with Crippen molar-refractivity contribution in [2.75, 3.05) is 30.8 Å². The molecule has 2 atom stereocenters. The van der Waals surface area contributed by atoms with Gasteiger partial charge in [-0.25, -0.2) is 4.58 Å². The highest BCUT2D eigenvalue weighted by molar-refractivity contribution is 7.86. The highest BCUT2D eigenvalue weighted by Crippen LogP contribution is 2.50. The molecule has 22 heteroatoms. The highest BCUT2D eigenvalue weighted by Gasteiger charge is 2.45. The number of carboxylic acids is 1. The van der Waals surface area contributed by atoms with E-state index in [1.807, 2.05) is 38.1 Å². The minimum absolute atomic E-state index is 0.0679. The summed E-state index contributed by atoms with van der Waals surface area (Å²) < 4.78 is 124. The molecule has 2 aliphatic heterocycles. The first-order valence-electron chi connectivity index (χ1n) is 22.6. The Bertz CT molecular complexity index is 3350. The maximum absolute atomic E-state index is 14.5. The van der Waals surface area contributed by atoms with Crippen LogP contribution in [0.25, 0.3) is 5.57 Å². The number of carbonyl (C=O) groups is 2. The monoisotopic (exact) mass is 1060 g/mol. The molecular formula is C49H60N3O15S4+. The van der Waals surface area contributed by atoms with Gasteiger partial charge >= 0.3 is 27.2 Å². The molecule has 0 spiro atoms. The molecule has 0 aromatic heterocycles. The van der Waals surface area contributed by atoms with Gasteiger partial charge in [0.05, 0.1) is 5.75 Å². The summed E-state index contributed by atoms with van der Waals surface area (Å²) in [6.07, 6.45) is 1.42. The number of rotatable bonds is 12. The van der Waals surface area contributed by atoms with Crippen molar-refractivity contribution in [2.45, 2.75) is 121 Å². The van der Waals surface area contributed by atoms with Crippen molar-refractivity contribution >= 4 is 64.6 Å². The quantitative estimate of drug-likeness (QED) is 0.128. The van der Waals surface area contributed by atoms with Crippen molar-refractivity contribution in [1.82, 2.24) is 9.48 Å². The minimum Gasteiger partial charge on any atom is -0.481 e. The van der Waals surface area contributed by atoms with Crippen LogP contribution in [-0.2, 0) is 58.2 Å². The second-order valence-electron chi connectivity index (χ2n) is 19.9. The number of fused-ring (bicyclic) bond motifs is 4. The van der Waals surface area contributed by atoms with Gasteiger partial charge in [0.25, 0.3) is 26.1 Å². The van der Waals surface area contributed by atoms with Gasteiger partial charge in [-0.15, -0.1) is 25.3 Å². The van der Waals surface area contributed by atoms with Crippen molar-refractivity contribution in [1.29, 1.82) is 0 Å². The fourth-order valence-electron chi connectivity index (χ4n) is 10.9. The lowest BCUT2D eigenvalue weighted by atomic mass is 9.66. The number of carbonyl (C=O) groups excluding carboxylic acids is 1. The van der Waals surface area contributed by atoms with Gasteiger partial charge in [-0.3, -0.25) is 18.7 Å². The summed E-state index contributed by atoms with van der Waals surface area (Å²) in [6, 6.07) is 22.4. The lowest BCUT2D eigenvalue weighted by molar-refractivity contribution is -0.137. The summed E-state index contributed by atoms with van der Waals surface area (Å²) >= 11 is 0. The largest absolute Gasteiger partial charge is 0.481 e. The summed E-state index contributed by atoms with van der Waals surface area (Å²) in [4.78, 5) is 29.7. The second-order valence-corrected chi connectivity index (χ2v) is 23.6. The Morgan fingerprint density at radius 1 is 0.803 bits per heavy atom. The zero-order valence-corrected chi connectivity index (χ0v) is 44.2. The van der Waals surface area contributed by atoms with Gasteiger partial charge in [0.2, 0.25) is 5.36 Å². The molecule has 1 aliphatic carbocycles. The fourth-order valence-corrected chi connectivity index (χ4v) is 12.4. The molecule has 1 amide bonds. The van der Waals surface area contributed by atoms with E-state index in [9.17, 15) is 40.6 Å². The molecule has 7 rings (SSSR count). The first-order chi connectivity index (χ1) is 32.7. The van der Waals surface area contributed by atoms with Gasteiger partial charge < -0.3 is 14.9 Å². The molecule has 2 heterocycles. The Labute approximate surface area is 417 Å². The molecule has 3 aliphatic rings. The van der Waals surface area contributed by atoms with Gasteiger partial charge in [0.1, 0.15) is 4.90 Å². The zero-order valence-electron chi connectivity index (χ0n) is 41.0. The van der Waals surface area contributed by atoms with Crippen LogP contribution in [0.1, 0.15) is 142 Å². The molecule has 0 saturated heterocycles. The van der Waals surface area contributed by atoms with Crippen molar-refractivity contribution in [3.63, 3.8) is 0 Å².